The zero-order valence-electron chi connectivity index (χ0n) is 10.9. The molecule has 1 aliphatic heterocycles. The molecule has 3 nitrogen and oxygen atoms in total. The van der Waals surface area contributed by atoms with Gasteiger partial charge in [0.25, 0.3) is 0 Å². The van der Waals surface area contributed by atoms with E-state index in [1.807, 2.05) is 13.8 Å². The van der Waals surface area contributed by atoms with Gasteiger partial charge in [-0.2, -0.15) is 13.2 Å². The molecular weight excluding hydrogens is 257 g/mol. The lowest BCUT2D eigenvalue weighted by atomic mass is 9.99. The number of morpholine rings is 1. The van der Waals surface area contributed by atoms with Gasteiger partial charge in [0.15, 0.2) is 0 Å². The lowest BCUT2D eigenvalue weighted by Crippen LogP contribution is -2.53. The molecule has 2 rings (SSSR count). The van der Waals surface area contributed by atoms with Gasteiger partial charge in [0.2, 0.25) is 0 Å². The molecule has 1 heterocycles. The van der Waals surface area contributed by atoms with Gasteiger partial charge in [-0.05, 0) is 32.0 Å². The summed E-state index contributed by atoms with van der Waals surface area (Å²) in [5.41, 5.74) is 4.58. The molecule has 2 N–H and O–H groups in total. The number of hydrogen-bond donors (Lipinski definition) is 1. The maximum absolute atomic E-state index is 13.1. The summed E-state index contributed by atoms with van der Waals surface area (Å²) in [4.78, 5) is 1.73. The normalized spacial score (nSPS) is 19.5. The predicted octanol–water partition coefficient (Wildman–Crippen LogP) is 2.90. The molecule has 0 bridgehead atoms. The predicted molar refractivity (Wildman–Crippen MR) is 68.1 cm³/mol. The van der Waals surface area contributed by atoms with Gasteiger partial charge < -0.3 is 15.4 Å². The molecule has 0 radical (unpaired) electrons. The second-order valence-electron chi connectivity index (χ2n) is 5.29. The molecule has 0 amide bonds. The van der Waals surface area contributed by atoms with Gasteiger partial charge in [-0.25, -0.2) is 0 Å². The average molecular weight is 274 g/mol. The largest absolute Gasteiger partial charge is 0.418 e. The summed E-state index contributed by atoms with van der Waals surface area (Å²) in [5.74, 6) is 0. The Bertz CT molecular complexity index is 471. The maximum Gasteiger partial charge on any atom is 0.418 e. The van der Waals surface area contributed by atoms with Crippen LogP contribution in [0.15, 0.2) is 18.2 Å². The summed E-state index contributed by atoms with van der Waals surface area (Å²) >= 11 is 0. The number of hydrogen-bond acceptors (Lipinski definition) is 3. The molecule has 106 valence electrons. The maximum atomic E-state index is 13.1. The third-order valence-electron chi connectivity index (χ3n) is 3.26. The van der Waals surface area contributed by atoms with Crippen LogP contribution in [0.25, 0.3) is 0 Å². The highest BCUT2D eigenvalue weighted by Crippen LogP contribution is 2.40. The summed E-state index contributed by atoms with van der Waals surface area (Å²) in [6, 6.07) is 3.92. The summed E-state index contributed by atoms with van der Waals surface area (Å²) < 4.78 is 44.7. The Labute approximate surface area is 110 Å². The molecule has 1 saturated heterocycles. The van der Waals surface area contributed by atoms with E-state index in [4.69, 9.17) is 10.5 Å². The van der Waals surface area contributed by atoms with Crippen LogP contribution < -0.4 is 10.6 Å². The van der Waals surface area contributed by atoms with Crippen molar-refractivity contribution in [2.24, 2.45) is 0 Å². The van der Waals surface area contributed by atoms with Gasteiger partial charge in [0, 0.05) is 17.9 Å². The second kappa shape index (κ2) is 4.59. The summed E-state index contributed by atoms with van der Waals surface area (Å²) in [5, 5.41) is 0. The highest BCUT2D eigenvalue weighted by atomic mass is 19.4. The van der Waals surface area contributed by atoms with E-state index in [-0.39, 0.29) is 11.4 Å². The number of alkyl halides is 3. The summed E-state index contributed by atoms with van der Waals surface area (Å²) in [7, 11) is 0. The van der Waals surface area contributed by atoms with Crippen LogP contribution in [-0.2, 0) is 10.9 Å². The Kier molecular flexibility index (Phi) is 3.38. The van der Waals surface area contributed by atoms with Crippen molar-refractivity contribution >= 4 is 11.4 Å². The Balaban J connectivity index is 2.49. The van der Waals surface area contributed by atoms with E-state index in [2.05, 4.69) is 0 Å². The van der Waals surface area contributed by atoms with E-state index in [0.717, 1.165) is 6.07 Å². The van der Waals surface area contributed by atoms with E-state index in [9.17, 15) is 13.2 Å². The molecule has 0 atom stereocenters. The van der Waals surface area contributed by atoms with Crippen LogP contribution in [0.2, 0.25) is 0 Å². The van der Waals surface area contributed by atoms with Crippen LogP contribution >= 0.6 is 0 Å². The molecule has 0 spiro atoms. The van der Waals surface area contributed by atoms with Gasteiger partial charge in [-0.3, -0.25) is 0 Å². The van der Waals surface area contributed by atoms with Gasteiger partial charge in [-0.15, -0.1) is 0 Å². The number of nitrogens with two attached hydrogens (primary N) is 1. The minimum atomic E-state index is -4.42. The molecule has 0 saturated carbocycles. The standard InChI is InChI=1S/C13H17F3N2O/c1-12(2)8-19-6-5-18(12)11-4-3-9(17)7-10(11)13(14,15)16/h3-4,7H,5-6,8,17H2,1-2H3. The lowest BCUT2D eigenvalue weighted by molar-refractivity contribution is -0.137. The highest BCUT2D eigenvalue weighted by molar-refractivity contribution is 5.62. The number of nitrogens with zero attached hydrogens (tertiary/aromatic N) is 1. The van der Waals surface area contributed by atoms with Crippen molar-refractivity contribution in [3.8, 4) is 0 Å². The minimum Gasteiger partial charge on any atom is -0.399 e. The van der Waals surface area contributed by atoms with Gasteiger partial charge in [0.1, 0.15) is 0 Å². The first-order valence-electron chi connectivity index (χ1n) is 6.04. The average Bonchev–Trinajstić information content (AvgIpc) is 2.28. The van der Waals surface area contributed by atoms with E-state index in [0.29, 0.717) is 19.8 Å². The molecule has 19 heavy (non-hydrogen) atoms. The molecule has 1 aliphatic rings. The fourth-order valence-electron chi connectivity index (χ4n) is 2.32. The quantitative estimate of drug-likeness (QED) is 0.800. The van der Waals surface area contributed by atoms with Crippen molar-refractivity contribution in [2.75, 3.05) is 30.4 Å². The SMILES string of the molecule is CC1(C)COCCN1c1ccc(N)cc1C(F)(F)F. The number of ether oxygens (including phenoxy) is 1. The molecule has 1 aromatic carbocycles. The van der Waals surface area contributed by atoms with Gasteiger partial charge in [-0.1, -0.05) is 0 Å². The Morgan fingerprint density at radius 3 is 2.58 bits per heavy atom. The fraction of sp³-hybridized carbons (Fsp3) is 0.538. The Morgan fingerprint density at radius 2 is 2.00 bits per heavy atom. The van der Waals surface area contributed by atoms with Crippen molar-refractivity contribution in [1.82, 2.24) is 0 Å². The van der Waals surface area contributed by atoms with Crippen LogP contribution in [0.5, 0.6) is 0 Å². The highest BCUT2D eigenvalue weighted by Gasteiger charge is 2.39. The lowest BCUT2D eigenvalue weighted by Gasteiger charge is -2.44. The van der Waals surface area contributed by atoms with Crippen LogP contribution in [-0.4, -0.2) is 25.3 Å². The number of rotatable bonds is 1. The molecule has 1 fully saturated rings. The van der Waals surface area contributed by atoms with Crippen molar-refractivity contribution in [3.05, 3.63) is 23.8 Å². The second-order valence-corrected chi connectivity index (χ2v) is 5.29. The Hall–Kier alpha value is -1.43. The van der Waals surface area contributed by atoms with Crippen molar-refractivity contribution < 1.29 is 17.9 Å². The molecule has 6 heteroatoms. The number of nitrogen functional groups attached to an aromatic ring is 1. The van der Waals surface area contributed by atoms with E-state index >= 15 is 0 Å². The first kappa shape index (κ1) is 14.0. The van der Waals surface area contributed by atoms with E-state index in [1.165, 1.54) is 12.1 Å². The van der Waals surface area contributed by atoms with Crippen molar-refractivity contribution in [2.45, 2.75) is 25.6 Å². The first-order valence-corrected chi connectivity index (χ1v) is 6.04. The van der Waals surface area contributed by atoms with Crippen molar-refractivity contribution in [3.63, 3.8) is 0 Å². The Morgan fingerprint density at radius 1 is 1.32 bits per heavy atom. The zero-order chi connectivity index (χ0) is 14.3. The number of anilines is 2. The molecule has 0 aliphatic carbocycles. The third-order valence-corrected chi connectivity index (χ3v) is 3.26. The van der Waals surface area contributed by atoms with Crippen LogP contribution in [0, 0.1) is 0 Å². The monoisotopic (exact) mass is 274 g/mol. The minimum absolute atomic E-state index is 0.113. The van der Waals surface area contributed by atoms with E-state index < -0.39 is 17.3 Å². The summed E-state index contributed by atoms with van der Waals surface area (Å²) in [6.45, 7) is 4.98. The molecule has 0 aromatic heterocycles. The van der Waals surface area contributed by atoms with Crippen molar-refractivity contribution in [1.29, 1.82) is 0 Å². The molecule has 0 unspecified atom stereocenters. The smallest absolute Gasteiger partial charge is 0.399 e. The number of halogens is 3. The first-order chi connectivity index (χ1) is 8.72. The fourth-order valence-corrected chi connectivity index (χ4v) is 2.32. The molecule has 1 aromatic rings. The third kappa shape index (κ3) is 2.78. The van der Waals surface area contributed by atoms with Crippen LogP contribution in [0.4, 0.5) is 24.5 Å². The van der Waals surface area contributed by atoms with Gasteiger partial charge >= 0.3 is 6.18 Å². The molecular formula is C13H17F3N2O. The topological polar surface area (TPSA) is 38.5 Å². The summed E-state index contributed by atoms with van der Waals surface area (Å²) in [6.07, 6.45) is -4.42. The van der Waals surface area contributed by atoms with Gasteiger partial charge in [0.05, 0.1) is 24.3 Å². The van der Waals surface area contributed by atoms with Crippen LogP contribution in [0.3, 0.4) is 0 Å². The number of benzene rings is 1. The van der Waals surface area contributed by atoms with E-state index in [1.54, 1.807) is 4.90 Å². The zero-order valence-corrected chi connectivity index (χ0v) is 10.9. The van der Waals surface area contributed by atoms with Crippen LogP contribution in [0.1, 0.15) is 19.4 Å².